The molecule has 0 aromatic heterocycles. The number of aliphatic hydroxyl groups excluding tert-OH is 1. The summed E-state index contributed by atoms with van der Waals surface area (Å²) in [5.41, 5.74) is -0.0446. The van der Waals surface area contributed by atoms with E-state index in [0.717, 1.165) is 0 Å². The molecule has 76 valence electrons. The first-order chi connectivity index (χ1) is 6.61. The summed E-state index contributed by atoms with van der Waals surface area (Å²) in [6.07, 6.45) is 0.326. The Hall–Kier alpha value is -1.74. The van der Waals surface area contributed by atoms with Gasteiger partial charge in [-0.2, -0.15) is 0 Å². The van der Waals surface area contributed by atoms with Gasteiger partial charge in [-0.1, -0.05) is 0 Å². The number of esters is 1. The van der Waals surface area contributed by atoms with Crippen LogP contribution < -0.4 is 0 Å². The molecule has 5 heteroatoms. The van der Waals surface area contributed by atoms with Crippen LogP contribution in [0.2, 0.25) is 0 Å². The summed E-state index contributed by atoms with van der Waals surface area (Å²) >= 11 is 0. The molecule has 0 aliphatic carbocycles. The van der Waals surface area contributed by atoms with Gasteiger partial charge in [0.05, 0.1) is 7.11 Å². The number of hydrogen-bond donors (Lipinski definition) is 1. The number of ether oxygens (including phenoxy) is 1. The topological polar surface area (TPSA) is 66.8 Å². The van der Waals surface area contributed by atoms with Crippen molar-refractivity contribution in [3.8, 4) is 0 Å². The quantitative estimate of drug-likeness (QED) is 0.474. The van der Waals surface area contributed by atoms with Crippen LogP contribution in [-0.4, -0.2) is 42.6 Å². The largest absolute Gasteiger partial charge is 0.511 e. The fourth-order valence-corrected chi connectivity index (χ4v) is 1.28. The van der Waals surface area contributed by atoms with E-state index in [1.807, 2.05) is 0 Å². The predicted molar refractivity (Wildman–Crippen MR) is 48.1 cm³/mol. The van der Waals surface area contributed by atoms with E-state index in [1.54, 1.807) is 17.9 Å². The molecule has 0 saturated carbocycles. The highest BCUT2D eigenvalue weighted by molar-refractivity contribution is 5.96. The zero-order valence-electron chi connectivity index (χ0n) is 8.03. The average molecular weight is 197 g/mol. The lowest BCUT2D eigenvalue weighted by molar-refractivity contribution is -0.136. The molecule has 1 heterocycles. The summed E-state index contributed by atoms with van der Waals surface area (Å²) in [5, 5.41) is 9.44. The van der Waals surface area contributed by atoms with E-state index < -0.39 is 5.97 Å². The zero-order valence-corrected chi connectivity index (χ0v) is 8.03. The molecule has 0 saturated heterocycles. The van der Waals surface area contributed by atoms with Crippen molar-refractivity contribution < 1.29 is 19.4 Å². The first-order valence-corrected chi connectivity index (χ1v) is 4.08. The minimum absolute atomic E-state index is 0.0422. The number of carbonyl (C=O) groups is 1. The molecule has 1 rings (SSSR count). The Balaban J connectivity index is 3.19. The monoisotopic (exact) mass is 197 g/mol. The molecule has 0 aromatic carbocycles. The third kappa shape index (κ3) is 1.63. The lowest BCUT2D eigenvalue weighted by atomic mass is 10.1. The molecule has 0 atom stereocenters. The van der Waals surface area contributed by atoms with Crippen LogP contribution in [0.5, 0.6) is 0 Å². The number of nitrogens with zero attached hydrogens (tertiary/aromatic N) is 1. The summed E-state index contributed by atoms with van der Waals surface area (Å²) in [7, 11) is 2.84. The summed E-state index contributed by atoms with van der Waals surface area (Å²) in [4.78, 5) is 23.4. The molecule has 1 aliphatic heterocycles. The molecule has 0 spiro atoms. The zero-order chi connectivity index (χ0) is 10.7. The molecule has 1 aliphatic rings. The second-order valence-electron chi connectivity index (χ2n) is 2.94. The number of hydrogen-bond acceptors (Lipinski definition) is 5. The summed E-state index contributed by atoms with van der Waals surface area (Å²) < 4.78 is 4.46. The summed E-state index contributed by atoms with van der Waals surface area (Å²) in [5.74, 6) is 0.791. The predicted octanol–water partition coefficient (Wildman–Crippen LogP) is 0.0225. The molecule has 0 fully saturated rings. The number of likely N-dealkylation sites (N-methyl/N-ethyl adjacent to an activating group) is 1. The second-order valence-corrected chi connectivity index (χ2v) is 2.94. The highest BCUT2D eigenvalue weighted by Gasteiger charge is 2.28. The first kappa shape index (κ1) is 10.3. The molecule has 1 N–H and O–H groups in total. The lowest BCUT2D eigenvalue weighted by Gasteiger charge is -2.25. The maximum Gasteiger partial charge on any atom is 0.344 e. The second kappa shape index (κ2) is 3.98. The van der Waals surface area contributed by atoms with Crippen LogP contribution in [0, 0.1) is 0 Å². The molecule has 0 unspecified atom stereocenters. The Morgan fingerprint density at radius 1 is 1.64 bits per heavy atom. The van der Waals surface area contributed by atoms with E-state index in [1.165, 1.54) is 7.11 Å². The molecule has 0 radical (unpaired) electrons. The number of methoxy groups -OCH3 is 1. The van der Waals surface area contributed by atoms with Gasteiger partial charge in [-0.3, -0.25) is 0 Å². The van der Waals surface area contributed by atoms with Crippen LogP contribution in [0.15, 0.2) is 17.0 Å². The van der Waals surface area contributed by atoms with Gasteiger partial charge in [0, 0.05) is 20.0 Å². The van der Waals surface area contributed by atoms with Gasteiger partial charge < -0.3 is 14.7 Å². The third-order valence-electron chi connectivity index (χ3n) is 2.08. The van der Waals surface area contributed by atoms with Crippen LogP contribution in [0.25, 0.3) is 0 Å². The average Bonchev–Trinajstić information content (AvgIpc) is 2.19. The van der Waals surface area contributed by atoms with Gasteiger partial charge in [-0.15, -0.1) is 0 Å². The molecule has 14 heavy (non-hydrogen) atoms. The highest BCUT2D eigenvalue weighted by Crippen LogP contribution is 2.23. The van der Waals surface area contributed by atoms with E-state index in [0.29, 0.717) is 13.0 Å². The third-order valence-corrected chi connectivity index (χ3v) is 2.08. The first-order valence-electron chi connectivity index (χ1n) is 4.08. The van der Waals surface area contributed by atoms with Gasteiger partial charge in [-0.25, -0.2) is 9.59 Å². The smallest absolute Gasteiger partial charge is 0.344 e. The highest BCUT2D eigenvalue weighted by atomic mass is 16.5. The van der Waals surface area contributed by atoms with Crippen LogP contribution >= 0.6 is 0 Å². The van der Waals surface area contributed by atoms with E-state index >= 15 is 0 Å². The van der Waals surface area contributed by atoms with Crippen LogP contribution in [0.1, 0.15) is 6.42 Å². The van der Waals surface area contributed by atoms with Gasteiger partial charge in [-0.05, 0) is 0 Å². The maximum absolute atomic E-state index is 11.2. The van der Waals surface area contributed by atoms with Crippen molar-refractivity contribution in [2.45, 2.75) is 6.42 Å². The van der Waals surface area contributed by atoms with E-state index in [-0.39, 0.29) is 17.0 Å². The number of rotatable bonds is 1. The van der Waals surface area contributed by atoms with Crippen molar-refractivity contribution in [3.05, 3.63) is 17.0 Å². The van der Waals surface area contributed by atoms with Crippen molar-refractivity contribution >= 4 is 11.9 Å². The van der Waals surface area contributed by atoms with Gasteiger partial charge >= 0.3 is 5.97 Å². The normalized spacial score (nSPS) is 16.7. The van der Waals surface area contributed by atoms with Crippen molar-refractivity contribution in [1.29, 1.82) is 0 Å². The molecule has 5 nitrogen and oxygen atoms in total. The maximum atomic E-state index is 11.2. The Morgan fingerprint density at radius 2 is 2.29 bits per heavy atom. The fourth-order valence-electron chi connectivity index (χ4n) is 1.28. The standard InChI is InChI=1S/C9H11NO4/c1-10-4-3-7(12)8(6(10)5-11)9(13)14-2/h12H,3-4H2,1-2H3. The Morgan fingerprint density at radius 3 is 2.79 bits per heavy atom. The summed E-state index contributed by atoms with van der Waals surface area (Å²) in [6.45, 7) is 0.483. The van der Waals surface area contributed by atoms with Gasteiger partial charge in [0.25, 0.3) is 0 Å². The van der Waals surface area contributed by atoms with Crippen molar-refractivity contribution in [2.24, 2.45) is 0 Å². The Bertz CT molecular complexity index is 339. The fraction of sp³-hybridized carbons (Fsp3) is 0.444. The van der Waals surface area contributed by atoms with Gasteiger partial charge in [0.1, 0.15) is 17.0 Å². The molecule has 0 aromatic rings. The van der Waals surface area contributed by atoms with Crippen molar-refractivity contribution in [3.63, 3.8) is 0 Å². The minimum atomic E-state index is -0.715. The van der Waals surface area contributed by atoms with Crippen molar-refractivity contribution in [1.82, 2.24) is 4.90 Å². The minimum Gasteiger partial charge on any atom is -0.511 e. The summed E-state index contributed by atoms with van der Waals surface area (Å²) in [6, 6.07) is 0. The molecular formula is C9H11NO4. The molecular weight excluding hydrogens is 186 g/mol. The van der Waals surface area contributed by atoms with E-state index in [4.69, 9.17) is 0 Å². The van der Waals surface area contributed by atoms with Crippen LogP contribution in [0.4, 0.5) is 0 Å². The lowest BCUT2D eigenvalue weighted by Crippen LogP contribution is -2.30. The molecule has 0 bridgehead atoms. The SMILES string of the molecule is COC(=O)C1=C(O)CCN(C)C1=C=O. The Labute approximate surface area is 81.3 Å². The van der Waals surface area contributed by atoms with Crippen LogP contribution in [0.3, 0.4) is 0 Å². The van der Waals surface area contributed by atoms with Gasteiger partial charge in [0.2, 0.25) is 0 Å². The van der Waals surface area contributed by atoms with Gasteiger partial charge in [0.15, 0.2) is 5.94 Å². The van der Waals surface area contributed by atoms with E-state index in [2.05, 4.69) is 4.74 Å². The Kier molecular flexibility index (Phi) is 2.94. The number of aliphatic hydroxyl groups is 1. The number of carbonyl (C=O) groups excluding carboxylic acids is 2. The molecule has 0 amide bonds. The van der Waals surface area contributed by atoms with Crippen LogP contribution in [-0.2, 0) is 14.3 Å². The van der Waals surface area contributed by atoms with Crippen molar-refractivity contribution in [2.75, 3.05) is 20.7 Å². The van der Waals surface area contributed by atoms with E-state index in [9.17, 15) is 14.7 Å².